The highest BCUT2D eigenvalue weighted by Gasteiger charge is 2.37. The number of thioether (sulfide) groups is 1. The Morgan fingerprint density at radius 1 is 0.845 bits per heavy atom. The Kier molecular flexibility index (Phi) is 22.9. The Hall–Kier alpha value is -5.90. The van der Waals surface area contributed by atoms with Crippen molar-refractivity contribution < 1.29 is 61.7 Å². The van der Waals surface area contributed by atoms with E-state index in [-0.39, 0.29) is 94.3 Å². The van der Waals surface area contributed by atoms with Crippen LogP contribution in [0.15, 0.2) is 72.9 Å². The van der Waals surface area contributed by atoms with Gasteiger partial charge in [0.2, 0.25) is 17.7 Å². The van der Waals surface area contributed by atoms with Crippen molar-refractivity contribution in [2.45, 2.75) is 84.3 Å². The lowest BCUT2D eigenvalue weighted by molar-refractivity contribution is -0.141. The number of nitrogens with zero attached hydrogens (tertiary/aromatic N) is 3. The molecule has 0 spiro atoms. The van der Waals surface area contributed by atoms with Crippen molar-refractivity contribution >= 4 is 61.4 Å². The first-order chi connectivity index (χ1) is 33.6. The molecule has 0 bridgehead atoms. The highest BCUT2D eigenvalue weighted by Crippen LogP contribution is 2.41. The number of carboxylic acid groups (broad SMARTS) is 1. The quantitative estimate of drug-likeness (QED) is 0.0344. The van der Waals surface area contributed by atoms with Gasteiger partial charge in [-0.25, -0.2) is 18.4 Å². The fourth-order valence-electron chi connectivity index (χ4n) is 7.44. The lowest BCUT2D eigenvalue weighted by Gasteiger charge is -2.41. The number of hydrogen-bond acceptors (Lipinski definition) is 11. The van der Waals surface area contributed by atoms with Gasteiger partial charge in [0.15, 0.2) is 0 Å². The number of ether oxygens (including phenoxy) is 3. The molecule has 6 amide bonds. The van der Waals surface area contributed by atoms with Crippen LogP contribution in [0.5, 0.6) is 0 Å². The topological polar surface area (TPSA) is 215 Å². The summed E-state index contributed by atoms with van der Waals surface area (Å²) >= 11 is 1.03. The lowest BCUT2D eigenvalue weighted by Crippen LogP contribution is -2.45. The number of benzene rings is 2. The Morgan fingerprint density at radius 2 is 1.54 bits per heavy atom. The number of carbonyl (C=O) groups is 7. The van der Waals surface area contributed by atoms with Crippen LogP contribution in [-0.2, 0) is 49.5 Å². The van der Waals surface area contributed by atoms with Crippen molar-refractivity contribution in [1.82, 2.24) is 30.3 Å². The van der Waals surface area contributed by atoms with Gasteiger partial charge in [-0.05, 0) is 47.7 Å². The molecule has 71 heavy (non-hydrogen) atoms. The molecule has 0 fully saturated rings. The van der Waals surface area contributed by atoms with Gasteiger partial charge >= 0.3 is 12.1 Å². The summed E-state index contributed by atoms with van der Waals surface area (Å²) in [4.78, 5) is 90.1. The standard InChI is InChI=1S/C50H68F2N6O11SSi/c1-50(2,3)47(41-29-36(38-30-37(51)13-14-39(38)52)32-56(41)31-35-11-8-7-9-12-35)58(21-10-19-54-49(66)69-27-28-71(4,5)6)46(63)34-70-33-40(48(64)65)55-43(60)18-23-67-25-26-68-24-20-53-42(59)17-22-57-44(61)15-16-45(57)62/h7-9,11-16,29-30,32,40,47H,10,17-28,31,33-34H2,1-6H3,(H,53,59)(H,54,66)(H,55,60)(H,64,65)/t40-,47-/m0/s1. The largest absolute Gasteiger partial charge is 0.480 e. The average molecular weight is 1030 g/mol. The molecule has 1 aromatic heterocycles. The summed E-state index contributed by atoms with van der Waals surface area (Å²) in [5.74, 6) is -5.03. The van der Waals surface area contributed by atoms with Crippen molar-refractivity contribution in [3.8, 4) is 11.1 Å². The number of rotatable bonds is 30. The zero-order chi connectivity index (χ0) is 52.1. The van der Waals surface area contributed by atoms with Crippen LogP contribution >= 0.6 is 11.8 Å². The summed E-state index contributed by atoms with van der Waals surface area (Å²) in [5.41, 5.74) is 1.38. The van der Waals surface area contributed by atoms with Gasteiger partial charge in [-0.2, -0.15) is 0 Å². The number of alkyl carbamates (subject to hydrolysis) is 1. The van der Waals surface area contributed by atoms with Gasteiger partial charge in [-0.1, -0.05) is 70.7 Å². The maximum Gasteiger partial charge on any atom is 0.407 e. The third kappa shape index (κ3) is 20.0. The molecule has 3 aromatic rings. The van der Waals surface area contributed by atoms with E-state index in [4.69, 9.17) is 14.2 Å². The number of halogens is 2. The minimum absolute atomic E-state index is 0.0258. The van der Waals surface area contributed by atoms with Crippen LogP contribution in [0.3, 0.4) is 0 Å². The number of amides is 6. The van der Waals surface area contributed by atoms with Crippen molar-refractivity contribution in [2.75, 3.05) is 70.7 Å². The summed E-state index contributed by atoms with van der Waals surface area (Å²) in [6, 6.07) is 13.4. The second-order valence-corrected chi connectivity index (χ2v) is 25.8. The van der Waals surface area contributed by atoms with E-state index in [2.05, 4.69) is 35.6 Å². The highest BCUT2D eigenvalue weighted by atomic mass is 32.2. The fraction of sp³-hybridized carbons (Fsp3) is 0.500. The van der Waals surface area contributed by atoms with Gasteiger partial charge in [0.1, 0.15) is 17.7 Å². The van der Waals surface area contributed by atoms with E-state index in [1.54, 1.807) is 17.2 Å². The SMILES string of the molecule is CC(C)(C)[C@H](c1cc(-c2cc(F)ccc2F)cn1Cc1ccccc1)N(CCCNC(=O)OCC[Si](C)(C)C)C(=O)CSC[C@H](NC(=O)CCOCCOCCNC(=O)CCN1C(=O)C=CC1=O)C(=O)O. The summed E-state index contributed by atoms with van der Waals surface area (Å²) in [6.07, 6.45) is 3.61. The highest BCUT2D eigenvalue weighted by molar-refractivity contribution is 8.00. The third-order valence-electron chi connectivity index (χ3n) is 11.0. The van der Waals surface area contributed by atoms with Crippen molar-refractivity contribution in [3.63, 3.8) is 0 Å². The van der Waals surface area contributed by atoms with E-state index in [1.807, 2.05) is 55.7 Å². The number of nitrogens with one attached hydrogen (secondary N) is 3. The Bertz CT molecular complexity index is 2300. The first kappa shape index (κ1) is 57.7. The molecule has 2 atom stereocenters. The van der Waals surface area contributed by atoms with Crippen LogP contribution in [0.1, 0.15) is 57.3 Å². The second kappa shape index (κ2) is 28.2. The first-order valence-electron chi connectivity index (χ1n) is 23.6. The van der Waals surface area contributed by atoms with Gasteiger partial charge in [0, 0.05) is 94.6 Å². The number of imide groups is 1. The number of hydrogen-bond donors (Lipinski definition) is 4. The Balaban J connectivity index is 1.37. The number of aliphatic carboxylic acids is 1. The van der Waals surface area contributed by atoms with Crippen LogP contribution in [0, 0.1) is 17.0 Å². The molecule has 0 saturated heterocycles. The van der Waals surface area contributed by atoms with E-state index in [0.717, 1.165) is 58.6 Å². The van der Waals surface area contributed by atoms with E-state index in [0.29, 0.717) is 30.8 Å². The minimum atomic E-state index is -1.44. The molecule has 0 saturated carbocycles. The molecular formula is C50H68F2N6O11SSi. The van der Waals surface area contributed by atoms with E-state index in [1.165, 1.54) is 0 Å². The molecule has 0 radical (unpaired) electrons. The minimum Gasteiger partial charge on any atom is -0.480 e. The number of aromatic nitrogens is 1. The normalized spacial score (nSPS) is 13.5. The Morgan fingerprint density at radius 3 is 2.20 bits per heavy atom. The number of carbonyl (C=O) groups excluding carboxylic acids is 6. The van der Waals surface area contributed by atoms with Gasteiger partial charge in [0.05, 0.1) is 44.8 Å². The van der Waals surface area contributed by atoms with Crippen LogP contribution in [0.25, 0.3) is 11.1 Å². The van der Waals surface area contributed by atoms with Crippen molar-refractivity contribution in [3.05, 3.63) is 95.8 Å². The van der Waals surface area contributed by atoms with Crippen LogP contribution in [-0.4, -0.2) is 146 Å². The third-order valence-corrected chi connectivity index (χ3v) is 13.8. The zero-order valence-electron chi connectivity index (χ0n) is 41.4. The molecule has 0 unspecified atom stereocenters. The van der Waals surface area contributed by atoms with E-state index < -0.39 is 67.0 Å². The molecule has 1 aliphatic rings. The fourth-order valence-corrected chi connectivity index (χ4v) is 9.08. The maximum absolute atomic E-state index is 15.3. The van der Waals surface area contributed by atoms with E-state index in [9.17, 15) is 43.1 Å². The van der Waals surface area contributed by atoms with Crippen LogP contribution in [0.4, 0.5) is 13.6 Å². The predicted molar refractivity (Wildman–Crippen MR) is 268 cm³/mol. The molecule has 17 nitrogen and oxygen atoms in total. The molecule has 388 valence electrons. The van der Waals surface area contributed by atoms with E-state index >= 15 is 4.39 Å². The summed E-state index contributed by atoms with van der Waals surface area (Å²) in [7, 11) is -1.44. The zero-order valence-corrected chi connectivity index (χ0v) is 43.2. The molecule has 2 aromatic carbocycles. The van der Waals surface area contributed by atoms with Gasteiger partial charge in [0.25, 0.3) is 11.8 Å². The molecule has 0 aliphatic carbocycles. The molecule has 21 heteroatoms. The first-order valence-corrected chi connectivity index (χ1v) is 28.4. The molecule has 4 N–H and O–H groups in total. The predicted octanol–water partition coefficient (Wildman–Crippen LogP) is 6.01. The summed E-state index contributed by atoms with van der Waals surface area (Å²) in [5, 5.41) is 17.9. The van der Waals surface area contributed by atoms with Crippen molar-refractivity contribution in [2.24, 2.45) is 5.41 Å². The van der Waals surface area contributed by atoms with Gasteiger partial charge in [-0.15, -0.1) is 11.8 Å². The molecular weight excluding hydrogens is 959 g/mol. The summed E-state index contributed by atoms with van der Waals surface area (Å²) < 4.78 is 48.1. The maximum atomic E-state index is 15.3. The molecule has 1 aliphatic heterocycles. The molecule has 2 heterocycles. The second-order valence-electron chi connectivity index (χ2n) is 19.2. The smallest absolute Gasteiger partial charge is 0.407 e. The average Bonchev–Trinajstić information content (AvgIpc) is 3.85. The van der Waals surface area contributed by atoms with Gasteiger partial charge in [-0.3, -0.25) is 28.9 Å². The van der Waals surface area contributed by atoms with Gasteiger partial charge < -0.3 is 44.7 Å². The monoisotopic (exact) mass is 1030 g/mol. The van der Waals surface area contributed by atoms with Crippen LogP contribution < -0.4 is 16.0 Å². The lowest BCUT2D eigenvalue weighted by atomic mass is 9.83. The van der Waals surface area contributed by atoms with Crippen molar-refractivity contribution in [1.29, 1.82) is 0 Å². The van der Waals surface area contributed by atoms with Crippen LogP contribution in [0.2, 0.25) is 25.7 Å². The summed E-state index contributed by atoms with van der Waals surface area (Å²) in [6.45, 7) is 14.0. The Labute approximate surface area is 419 Å². The molecule has 4 rings (SSSR count). The number of carboxylic acids is 1.